The Balaban J connectivity index is 1.61. The van der Waals surface area contributed by atoms with Gasteiger partial charge in [-0.3, -0.25) is 4.79 Å². The summed E-state index contributed by atoms with van der Waals surface area (Å²) in [6.45, 7) is 6.69. The first-order chi connectivity index (χ1) is 18.5. The molecule has 3 aromatic carbocycles. The lowest BCUT2D eigenvalue weighted by atomic mass is 10.0. The first-order valence-corrected chi connectivity index (χ1v) is 13.4. The molecule has 7 heteroatoms. The summed E-state index contributed by atoms with van der Waals surface area (Å²) < 4.78 is 5.98. The second-order valence-corrected chi connectivity index (χ2v) is 9.74. The molecule has 0 aromatic heterocycles. The Bertz CT molecular complexity index is 1240. The Morgan fingerprint density at radius 3 is 2.45 bits per heavy atom. The Morgan fingerprint density at radius 2 is 1.74 bits per heavy atom. The van der Waals surface area contributed by atoms with E-state index in [0.29, 0.717) is 17.9 Å². The number of rotatable bonds is 12. The minimum Gasteiger partial charge on any atom is -0.493 e. The molecule has 3 aromatic rings. The van der Waals surface area contributed by atoms with Crippen LogP contribution < -0.4 is 15.0 Å². The van der Waals surface area contributed by atoms with Gasteiger partial charge in [0.15, 0.2) is 0 Å². The number of hydrogen-bond acceptors (Lipinski definition) is 5. The molecule has 1 aliphatic rings. The molecule has 2 N–H and O–H groups in total. The van der Waals surface area contributed by atoms with E-state index in [0.717, 1.165) is 55.8 Å². The predicted octanol–water partition coefficient (Wildman–Crippen LogP) is 6.02. The molecular weight excluding hydrogens is 478 g/mol. The van der Waals surface area contributed by atoms with Crippen LogP contribution in [0.5, 0.6) is 5.75 Å². The number of carbonyl (C=O) groups excluding carboxylic acids is 1. The molecule has 0 spiro atoms. The second kappa shape index (κ2) is 13.1. The second-order valence-electron chi connectivity index (χ2n) is 9.74. The van der Waals surface area contributed by atoms with Gasteiger partial charge >= 0.3 is 5.97 Å². The van der Waals surface area contributed by atoms with Crippen LogP contribution >= 0.6 is 0 Å². The molecule has 0 bridgehead atoms. The normalized spacial score (nSPS) is 13.3. The molecule has 1 fully saturated rings. The maximum Gasteiger partial charge on any atom is 0.337 e. The maximum atomic E-state index is 13.6. The molecule has 0 atom stereocenters. The largest absolute Gasteiger partial charge is 0.493 e. The molecule has 200 valence electrons. The van der Waals surface area contributed by atoms with Crippen LogP contribution in [0, 0.1) is 0 Å². The number of carbonyl (C=O) groups is 2. The quantitative estimate of drug-likeness (QED) is 0.287. The minimum atomic E-state index is -1.10. The molecule has 0 unspecified atom stereocenters. The third kappa shape index (κ3) is 6.92. The number of aromatic carboxylic acids is 1. The van der Waals surface area contributed by atoms with Gasteiger partial charge in [-0.15, -0.1) is 0 Å². The van der Waals surface area contributed by atoms with Crippen LogP contribution in [0.1, 0.15) is 53.3 Å². The van der Waals surface area contributed by atoms with Crippen molar-refractivity contribution in [2.75, 3.05) is 50.1 Å². The number of unbranched alkanes of at least 4 members (excludes halogenated alkanes) is 1. The van der Waals surface area contributed by atoms with Crippen molar-refractivity contribution in [3.63, 3.8) is 0 Å². The average molecular weight is 516 g/mol. The highest BCUT2D eigenvalue weighted by Crippen LogP contribution is 2.29. The van der Waals surface area contributed by atoms with Crippen LogP contribution in [0.25, 0.3) is 11.1 Å². The van der Waals surface area contributed by atoms with E-state index in [2.05, 4.69) is 22.0 Å². The number of likely N-dealkylation sites (N-methyl/N-ethyl adjacent to an activating group) is 1. The van der Waals surface area contributed by atoms with Crippen LogP contribution in [-0.4, -0.2) is 61.7 Å². The number of nitrogens with one attached hydrogen (secondary N) is 1. The van der Waals surface area contributed by atoms with E-state index in [1.54, 1.807) is 12.1 Å². The van der Waals surface area contributed by atoms with Gasteiger partial charge in [-0.25, -0.2) is 4.79 Å². The summed E-state index contributed by atoms with van der Waals surface area (Å²) >= 11 is 0. The van der Waals surface area contributed by atoms with E-state index >= 15 is 0 Å². The van der Waals surface area contributed by atoms with Gasteiger partial charge in [0.25, 0.3) is 5.91 Å². The Hall–Kier alpha value is -3.84. The van der Waals surface area contributed by atoms with Crippen LogP contribution in [0.4, 0.5) is 11.4 Å². The van der Waals surface area contributed by atoms with Gasteiger partial charge in [-0.05, 0) is 73.8 Å². The predicted molar refractivity (Wildman–Crippen MR) is 153 cm³/mol. The summed E-state index contributed by atoms with van der Waals surface area (Å²) in [6, 6.07) is 20.3. The van der Waals surface area contributed by atoms with Crippen LogP contribution in [0.2, 0.25) is 0 Å². The zero-order valence-electron chi connectivity index (χ0n) is 22.3. The SMILES string of the molecule is CCCCOc1ccc(N(C)CCN2CCCC2)cc1C(=O)Nc1cc(-c2ccccc2)ccc1C(=O)O. The van der Waals surface area contributed by atoms with Crippen molar-refractivity contribution in [3.8, 4) is 16.9 Å². The van der Waals surface area contributed by atoms with E-state index in [-0.39, 0.29) is 11.3 Å². The third-order valence-electron chi connectivity index (χ3n) is 6.96. The minimum absolute atomic E-state index is 0.0327. The van der Waals surface area contributed by atoms with Gasteiger partial charge in [0.2, 0.25) is 0 Å². The number of anilines is 2. The summed E-state index contributed by atoms with van der Waals surface area (Å²) in [4.78, 5) is 30.2. The van der Waals surface area contributed by atoms with Crippen molar-refractivity contribution in [1.29, 1.82) is 0 Å². The van der Waals surface area contributed by atoms with Gasteiger partial charge in [0.05, 0.1) is 23.4 Å². The van der Waals surface area contributed by atoms with E-state index in [4.69, 9.17) is 4.74 Å². The van der Waals surface area contributed by atoms with Gasteiger partial charge in [-0.1, -0.05) is 49.7 Å². The Morgan fingerprint density at radius 1 is 0.974 bits per heavy atom. The highest BCUT2D eigenvalue weighted by atomic mass is 16.5. The molecule has 0 radical (unpaired) electrons. The Labute approximate surface area is 225 Å². The van der Waals surface area contributed by atoms with Crippen molar-refractivity contribution in [2.45, 2.75) is 32.6 Å². The van der Waals surface area contributed by atoms with Gasteiger partial charge in [0.1, 0.15) is 5.75 Å². The highest BCUT2D eigenvalue weighted by Gasteiger charge is 2.20. The number of nitrogens with zero attached hydrogens (tertiary/aromatic N) is 2. The standard InChI is InChI=1S/C31H37N3O4/c1-3-4-20-38-29-15-13-25(33(2)18-19-34-16-8-9-17-34)22-27(29)30(35)32-28-21-24(12-14-26(28)31(36)37)23-10-6-5-7-11-23/h5-7,10-15,21-22H,3-4,8-9,16-20H2,1-2H3,(H,32,35)(H,36,37). The molecule has 1 heterocycles. The van der Waals surface area contributed by atoms with E-state index in [1.165, 1.54) is 18.9 Å². The fourth-order valence-corrected chi connectivity index (χ4v) is 4.65. The van der Waals surface area contributed by atoms with Crippen molar-refractivity contribution in [2.24, 2.45) is 0 Å². The number of carboxylic acid groups (broad SMARTS) is 1. The number of likely N-dealkylation sites (tertiary alicyclic amines) is 1. The van der Waals surface area contributed by atoms with Gasteiger partial charge in [-0.2, -0.15) is 0 Å². The summed E-state index contributed by atoms with van der Waals surface area (Å²) in [5.41, 5.74) is 3.33. The zero-order valence-corrected chi connectivity index (χ0v) is 22.3. The lowest BCUT2D eigenvalue weighted by Crippen LogP contribution is -2.31. The summed E-state index contributed by atoms with van der Waals surface area (Å²) in [7, 11) is 2.02. The molecule has 0 aliphatic carbocycles. The van der Waals surface area contributed by atoms with Gasteiger partial charge in [0, 0.05) is 25.8 Å². The first kappa shape index (κ1) is 27.2. The average Bonchev–Trinajstić information content (AvgIpc) is 3.46. The van der Waals surface area contributed by atoms with Crippen molar-refractivity contribution < 1.29 is 19.4 Å². The first-order valence-electron chi connectivity index (χ1n) is 13.4. The molecule has 0 saturated carbocycles. The van der Waals surface area contributed by atoms with Crippen molar-refractivity contribution >= 4 is 23.3 Å². The molecule has 1 aliphatic heterocycles. The van der Waals surface area contributed by atoms with Crippen LogP contribution in [0.15, 0.2) is 66.7 Å². The summed E-state index contributed by atoms with van der Waals surface area (Å²) in [6.07, 6.45) is 4.36. The Kier molecular flexibility index (Phi) is 9.38. The molecule has 7 nitrogen and oxygen atoms in total. The lowest BCUT2D eigenvalue weighted by Gasteiger charge is -2.24. The number of amides is 1. The van der Waals surface area contributed by atoms with Crippen LogP contribution in [-0.2, 0) is 0 Å². The van der Waals surface area contributed by atoms with E-state index in [1.807, 2.05) is 55.6 Å². The number of carboxylic acids is 1. The van der Waals surface area contributed by atoms with Crippen LogP contribution in [0.3, 0.4) is 0 Å². The maximum absolute atomic E-state index is 13.6. The molecule has 1 saturated heterocycles. The fourth-order valence-electron chi connectivity index (χ4n) is 4.65. The summed E-state index contributed by atoms with van der Waals surface area (Å²) in [5.74, 6) is -1.02. The number of ether oxygens (including phenoxy) is 1. The highest BCUT2D eigenvalue weighted by molar-refractivity contribution is 6.10. The lowest BCUT2D eigenvalue weighted by molar-refractivity contribution is 0.0698. The zero-order chi connectivity index (χ0) is 26.9. The molecule has 1 amide bonds. The molecule has 38 heavy (non-hydrogen) atoms. The summed E-state index contributed by atoms with van der Waals surface area (Å²) in [5, 5.41) is 12.7. The fraction of sp³-hybridized carbons (Fsp3) is 0.355. The topological polar surface area (TPSA) is 82.1 Å². The van der Waals surface area contributed by atoms with Gasteiger partial charge < -0.3 is 25.0 Å². The monoisotopic (exact) mass is 515 g/mol. The molecular formula is C31H37N3O4. The van der Waals surface area contributed by atoms with Crippen molar-refractivity contribution in [3.05, 3.63) is 77.9 Å². The molecule has 4 rings (SSSR count). The van der Waals surface area contributed by atoms with E-state index < -0.39 is 11.9 Å². The van der Waals surface area contributed by atoms with E-state index in [9.17, 15) is 14.7 Å². The smallest absolute Gasteiger partial charge is 0.337 e. The van der Waals surface area contributed by atoms with Crippen molar-refractivity contribution in [1.82, 2.24) is 4.90 Å². The number of hydrogen-bond donors (Lipinski definition) is 2. The third-order valence-corrected chi connectivity index (χ3v) is 6.96. The number of benzene rings is 3.